The maximum Gasteiger partial charge on any atom is 0.243 e. The molecule has 1 amide bonds. The Bertz CT molecular complexity index is 219. The zero-order chi connectivity index (χ0) is 11.1. The second-order valence-corrected chi connectivity index (χ2v) is 3.67. The third-order valence-electron chi connectivity index (χ3n) is 2.70. The van der Waals surface area contributed by atoms with Crippen LogP contribution in [0.3, 0.4) is 0 Å². The lowest BCUT2D eigenvalue weighted by atomic mass is 10.2. The Balaban J connectivity index is 2.23. The Hall–Kier alpha value is -0.870. The van der Waals surface area contributed by atoms with E-state index in [-0.39, 0.29) is 5.91 Å². The van der Waals surface area contributed by atoms with Gasteiger partial charge < -0.3 is 10.1 Å². The van der Waals surface area contributed by atoms with Crippen LogP contribution in [0.15, 0.2) is 12.7 Å². The van der Waals surface area contributed by atoms with Gasteiger partial charge in [0, 0.05) is 25.7 Å². The Morgan fingerprint density at radius 2 is 2.53 bits per heavy atom. The van der Waals surface area contributed by atoms with Gasteiger partial charge in [-0.25, -0.2) is 0 Å². The molecule has 1 saturated heterocycles. The number of morpholine rings is 1. The van der Waals surface area contributed by atoms with E-state index in [4.69, 9.17) is 4.74 Å². The maximum absolute atomic E-state index is 10.9. The van der Waals surface area contributed by atoms with Gasteiger partial charge >= 0.3 is 0 Å². The number of amides is 1. The highest BCUT2D eigenvalue weighted by Crippen LogP contribution is 2.08. The van der Waals surface area contributed by atoms with Crippen molar-refractivity contribution in [1.29, 1.82) is 0 Å². The molecule has 1 aliphatic rings. The van der Waals surface area contributed by atoms with Crippen molar-refractivity contribution in [3.05, 3.63) is 12.7 Å². The molecule has 0 aliphatic carbocycles. The summed E-state index contributed by atoms with van der Waals surface area (Å²) >= 11 is 0. The largest absolute Gasteiger partial charge is 0.378 e. The van der Waals surface area contributed by atoms with Gasteiger partial charge in [0.15, 0.2) is 0 Å². The summed E-state index contributed by atoms with van der Waals surface area (Å²) in [5.74, 6) is -0.101. The Morgan fingerprint density at radius 1 is 1.73 bits per heavy atom. The van der Waals surface area contributed by atoms with Crippen LogP contribution in [0.4, 0.5) is 0 Å². The molecule has 86 valence electrons. The van der Waals surface area contributed by atoms with Gasteiger partial charge in [-0.15, -0.1) is 0 Å². The third-order valence-corrected chi connectivity index (χ3v) is 2.70. The van der Waals surface area contributed by atoms with Crippen LogP contribution in [-0.4, -0.2) is 49.7 Å². The summed E-state index contributed by atoms with van der Waals surface area (Å²) in [5.41, 5.74) is 0. The fourth-order valence-corrected chi connectivity index (χ4v) is 1.75. The van der Waals surface area contributed by atoms with Crippen LogP contribution in [-0.2, 0) is 9.53 Å². The number of nitrogens with one attached hydrogen (secondary N) is 1. The molecule has 0 saturated carbocycles. The second-order valence-electron chi connectivity index (χ2n) is 3.67. The van der Waals surface area contributed by atoms with E-state index in [1.165, 1.54) is 6.08 Å². The van der Waals surface area contributed by atoms with Crippen molar-refractivity contribution in [2.75, 3.05) is 32.8 Å². The number of carbonyl (C=O) groups is 1. The zero-order valence-electron chi connectivity index (χ0n) is 9.37. The molecule has 1 fully saturated rings. The van der Waals surface area contributed by atoms with Crippen LogP contribution in [0.2, 0.25) is 0 Å². The number of hydrogen-bond acceptors (Lipinski definition) is 3. The van der Waals surface area contributed by atoms with E-state index in [9.17, 15) is 4.79 Å². The minimum absolute atomic E-state index is 0.101. The van der Waals surface area contributed by atoms with Crippen molar-refractivity contribution in [2.45, 2.75) is 19.4 Å². The van der Waals surface area contributed by atoms with Gasteiger partial charge in [-0.3, -0.25) is 9.69 Å². The first-order valence-corrected chi connectivity index (χ1v) is 5.50. The molecule has 15 heavy (non-hydrogen) atoms. The van der Waals surface area contributed by atoms with Crippen molar-refractivity contribution in [3.63, 3.8) is 0 Å². The number of nitrogens with zero attached hydrogens (tertiary/aromatic N) is 1. The van der Waals surface area contributed by atoms with Crippen molar-refractivity contribution in [3.8, 4) is 0 Å². The highest BCUT2D eigenvalue weighted by atomic mass is 16.5. The molecule has 1 N–H and O–H groups in total. The third kappa shape index (κ3) is 4.01. The average Bonchev–Trinajstić information content (AvgIpc) is 2.29. The second kappa shape index (κ2) is 6.58. The molecule has 0 spiro atoms. The molecule has 4 nitrogen and oxygen atoms in total. The summed E-state index contributed by atoms with van der Waals surface area (Å²) in [4.78, 5) is 13.3. The molecule has 0 bridgehead atoms. The van der Waals surface area contributed by atoms with Crippen molar-refractivity contribution in [1.82, 2.24) is 10.2 Å². The van der Waals surface area contributed by atoms with Crippen molar-refractivity contribution in [2.24, 2.45) is 0 Å². The fraction of sp³-hybridized carbons (Fsp3) is 0.727. The molecule has 1 atom stereocenters. The Kier molecular flexibility index (Phi) is 5.36. The molecule has 0 aromatic heterocycles. The number of rotatable bonds is 5. The normalized spacial score (nSPS) is 22.3. The van der Waals surface area contributed by atoms with Gasteiger partial charge in [-0.05, 0) is 12.5 Å². The smallest absolute Gasteiger partial charge is 0.243 e. The summed E-state index contributed by atoms with van der Waals surface area (Å²) < 4.78 is 5.41. The fourth-order valence-electron chi connectivity index (χ4n) is 1.75. The van der Waals surface area contributed by atoms with Crippen molar-refractivity contribution < 1.29 is 9.53 Å². The quantitative estimate of drug-likeness (QED) is 0.671. The Morgan fingerprint density at radius 3 is 3.20 bits per heavy atom. The van der Waals surface area contributed by atoms with Gasteiger partial charge in [0.2, 0.25) is 5.91 Å². The molecular formula is C11H20N2O2. The highest BCUT2D eigenvalue weighted by Gasteiger charge is 2.20. The van der Waals surface area contributed by atoms with Crippen LogP contribution in [0, 0.1) is 0 Å². The number of ether oxygens (including phenoxy) is 1. The van der Waals surface area contributed by atoms with E-state index < -0.39 is 0 Å². The van der Waals surface area contributed by atoms with Crippen LogP contribution < -0.4 is 5.32 Å². The lowest BCUT2D eigenvalue weighted by Gasteiger charge is -2.34. The van der Waals surface area contributed by atoms with Crippen LogP contribution >= 0.6 is 0 Å². The van der Waals surface area contributed by atoms with Gasteiger partial charge in [-0.1, -0.05) is 13.5 Å². The monoisotopic (exact) mass is 212 g/mol. The van der Waals surface area contributed by atoms with E-state index in [1.807, 2.05) is 0 Å². The molecule has 1 unspecified atom stereocenters. The maximum atomic E-state index is 10.9. The van der Waals surface area contributed by atoms with Crippen molar-refractivity contribution >= 4 is 5.91 Å². The summed E-state index contributed by atoms with van der Waals surface area (Å²) in [7, 11) is 0. The molecule has 0 aromatic carbocycles. The summed E-state index contributed by atoms with van der Waals surface area (Å²) in [5, 5.41) is 2.78. The van der Waals surface area contributed by atoms with E-state index in [0.717, 1.165) is 32.7 Å². The molecule has 0 radical (unpaired) electrons. The number of carbonyl (C=O) groups excluding carboxylic acids is 1. The van der Waals surface area contributed by atoms with Crippen LogP contribution in [0.1, 0.15) is 13.3 Å². The lowest BCUT2D eigenvalue weighted by molar-refractivity contribution is -0.116. The molecule has 1 rings (SSSR count). The summed E-state index contributed by atoms with van der Waals surface area (Å²) in [6.45, 7) is 9.71. The van der Waals surface area contributed by atoms with Gasteiger partial charge in [0.05, 0.1) is 13.2 Å². The number of hydrogen-bond donors (Lipinski definition) is 1. The van der Waals surface area contributed by atoms with Crippen LogP contribution in [0.5, 0.6) is 0 Å². The van der Waals surface area contributed by atoms with Gasteiger partial charge in [0.1, 0.15) is 0 Å². The SMILES string of the molecule is C=CC(=O)NCCN1CCOCC1CC. The Labute approximate surface area is 91.3 Å². The van der Waals surface area contributed by atoms with Crippen LogP contribution in [0.25, 0.3) is 0 Å². The highest BCUT2D eigenvalue weighted by molar-refractivity contribution is 5.86. The minimum atomic E-state index is -0.101. The van der Waals surface area contributed by atoms with Gasteiger partial charge in [-0.2, -0.15) is 0 Å². The first-order chi connectivity index (χ1) is 7.27. The predicted octanol–water partition coefficient (Wildman–Crippen LogP) is 0.399. The van der Waals surface area contributed by atoms with Gasteiger partial charge in [0.25, 0.3) is 0 Å². The average molecular weight is 212 g/mol. The molecule has 1 aliphatic heterocycles. The minimum Gasteiger partial charge on any atom is -0.378 e. The first kappa shape index (κ1) is 12.2. The molecule has 0 aromatic rings. The topological polar surface area (TPSA) is 41.6 Å². The standard InChI is InChI=1S/C11H20N2O2/c1-3-10-9-15-8-7-13(10)6-5-12-11(14)4-2/h4,10H,2-3,5-9H2,1H3,(H,12,14). The van der Waals surface area contributed by atoms with E-state index in [2.05, 4.69) is 23.7 Å². The summed E-state index contributed by atoms with van der Waals surface area (Å²) in [6, 6.07) is 0.499. The zero-order valence-corrected chi connectivity index (χ0v) is 9.37. The first-order valence-electron chi connectivity index (χ1n) is 5.50. The van der Waals surface area contributed by atoms with E-state index in [0.29, 0.717) is 12.6 Å². The van der Waals surface area contributed by atoms with E-state index in [1.54, 1.807) is 0 Å². The lowest BCUT2D eigenvalue weighted by Crippen LogP contribution is -2.47. The summed E-state index contributed by atoms with van der Waals surface area (Å²) in [6.07, 6.45) is 2.39. The van der Waals surface area contributed by atoms with E-state index >= 15 is 0 Å². The molecule has 1 heterocycles. The predicted molar refractivity (Wildman–Crippen MR) is 59.7 cm³/mol. The molecule has 4 heteroatoms. The molecular weight excluding hydrogens is 192 g/mol.